The number of rotatable bonds is 4. The number of nitrogens with zero attached hydrogens (tertiary/aromatic N) is 1. The molecule has 0 spiro atoms. The Labute approximate surface area is 105 Å². The molecule has 3 heteroatoms. The lowest BCUT2D eigenvalue weighted by atomic mass is 10.1. The number of hydrogen-bond acceptors (Lipinski definition) is 3. The van der Waals surface area contributed by atoms with E-state index in [9.17, 15) is 4.79 Å². The molecule has 17 heavy (non-hydrogen) atoms. The van der Waals surface area contributed by atoms with Crippen LogP contribution in [0.2, 0.25) is 0 Å². The van der Waals surface area contributed by atoms with Crippen molar-refractivity contribution in [3.63, 3.8) is 0 Å². The molecule has 0 radical (unpaired) electrons. The lowest BCUT2D eigenvalue weighted by Crippen LogP contribution is -1.91. The van der Waals surface area contributed by atoms with Gasteiger partial charge in [0.2, 0.25) is 0 Å². The maximum absolute atomic E-state index is 10.8. The van der Waals surface area contributed by atoms with Crippen molar-refractivity contribution in [1.82, 2.24) is 4.98 Å². The van der Waals surface area contributed by atoms with Crippen LogP contribution in [0.25, 0.3) is 10.9 Å². The monoisotopic (exact) mass is 245 g/mol. The van der Waals surface area contributed by atoms with E-state index < -0.39 is 0 Å². The Bertz CT molecular complexity index is 524. The maximum Gasteiger partial charge on any atom is 0.185 e. The van der Waals surface area contributed by atoms with Crippen LogP contribution >= 0.6 is 11.8 Å². The zero-order valence-corrected chi connectivity index (χ0v) is 10.7. The van der Waals surface area contributed by atoms with Crippen LogP contribution in [-0.2, 0) is 11.2 Å². The van der Waals surface area contributed by atoms with Crippen molar-refractivity contribution in [2.24, 2.45) is 0 Å². The number of aryl methyl sites for hydroxylation is 1. The fourth-order valence-electron chi connectivity index (χ4n) is 1.77. The summed E-state index contributed by atoms with van der Waals surface area (Å²) in [6.07, 6.45) is 3.87. The molecule has 0 atom stereocenters. The number of aromatic nitrogens is 1. The maximum atomic E-state index is 10.8. The molecule has 88 valence electrons. The Morgan fingerprint density at radius 1 is 1.35 bits per heavy atom. The van der Waals surface area contributed by atoms with E-state index in [0.717, 1.165) is 24.1 Å². The first kappa shape index (κ1) is 12.1. The van der Waals surface area contributed by atoms with Crippen molar-refractivity contribution >= 4 is 27.8 Å². The van der Waals surface area contributed by atoms with Crippen LogP contribution in [0.1, 0.15) is 18.9 Å². The van der Waals surface area contributed by atoms with Crippen LogP contribution in [0.3, 0.4) is 0 Å². The fraction of sp³-hybridized carbons (Fsp3) is 0.286. The molecule has 0 bridgehead atoms. The molecule has 2 nitrogen and oxygen atoms in total. The van der Waals surface area contributed by atoms with Crippen LogP contribution in [-0.4, -0.2) is 15.9 Å². The molecule has 0 aliphatic rings. The van der Waals surface area contributed by atoms with Crippen LogP contribution in [0.15, 0.2) is 36.5 Å². The summed E-state index contributed by atoms with van der Waals surface area (Å²) < 4.78 is 0. The molecule has 0 saturated carbocycles. The van der Waals surface area contributed by atoms with Gasteiger partial charge in [-0.1, -0.05) is 23.9 Å². The molecule has 0 N–H and O–H groups in total. The van der Waals surface area contributed by atoms with Gasteiger partial charge in [0, 0.05) is 24.3 Å². The van der Waals surface area contributed by atoms with Crippen molar-refractivity contribution in [2.75, 3.05) is 5.75 Å². The highest BCUT2D eigenvalue weighted by Crippen LogP contribution is 2.15. The number of thioether (sulfide) groups is 1. The van der Waals surface area contributed by atoms with Gasteiger partial charge in [0.15, 0.2) is 5.12 Å². The third kappa shape index (κ3) is 3.56. The largest absolute Gasteiger partial charge is 0.288 e. The van der Waals surface area contributed by atoms with Gasteiger partial charge in [0.1, 0.15) is 0 Å². The first-order valence-corrected chi connectivity index (χ1v) is 6.71. The summed E-state index contributed by atoms with van der Waals surface area (Å²) >= 11 is 1.40. The molecule has 0 aliphatic heterocycles. The molecule has 0 aliphatic carbocycles. The van der Waals surface area contributed by atoms with Gasteiger partial charge in [-0.3, -0.25) is 9.78 Å². The minimum atomic E-state index is 0.202. The van der Waals surface area contributed by atoms with E-state index in [-0.39, 0.29) is 5.12 Å². The summed E-state index contributed by atoms with van der Waals surface area (Å²) in [5.74, 6) is 0.903. The number of benzene rings is 1. The first-order valence-electron chi connectivity index (χ1n) is 5.73. The highest BCUT2D eigenvalue weighted by Gasteiger charge is 1.98. The van der Waals surface area contributed by atoms with E-state index in [1.54, 1.807) is 6.92 Å². The molecule has 0 saturated heterocycles. The van der Waals surface area contributed by atoms with Gasteiger partial charge >= 0.3 is 0 Å². The molecule has 1 heterocycles. The average Bonchev–Trinajstić information content (AvgIpc) is 2.34. The SMILES string of the molecule is CC(=O)SCCCc1ccc2ncccc2c1. The van der Waals surface area contributed by atoms with Crippen molar-refractivity contribution in [1.29, 1.82) is 0 Å². The number of hydrogen-bond donors (Lipinski definition) is 0. The lowest BCUT2D eigenvalue weighted by molar-refractivity contribution is -0.109. The van der Waals surface area contributed by atoms with E-state index >= 15 is 0 Å². The van der Waals surface area contributed by atoms with E-state index in [4.69, 9.17) is 0 Å². The molecule has 0 unspecified atom stereocenters. The number of fused-ring (bicyclic) bond motifs is 1. The molecular weight excluding hydrogens is 230 g/mol. The van der Waals surface area contributed by atoms with E-state index in [1.165, 1.54) is 22.7 Å². The van der Waals surface area contributed by atoms with Crippen LogP contribution < -0.4 is 0 Å². The summed E-state index contributed by atoms with van der Waals surface area (Å²) in [6, 6.07) is 10.4. The normalized spacial score (nSPS) is 10.6. The molecule has 1 aromatic heterocycles. The second kappa shape index (κ2) is 5.82. The zero-order chi connectivity index (χ0) is 12.1. The second-order valence-corrected chi connectivity index (χ2v) is 5.25. The second-order valence-electron chi connectivity index (χ2n) is 3.97. The van der Waals surface area contributed by atoms with Gasteiger partial charge in [-0.2, -0.15) is 0 Å². The first-order chi connectivity index (χ1) is 8.25. The fourth-order valence-corrected chi connectivity index (χ4v) is 2.35. The predicted molar refractivity (Wildman–Crippen MR) is 73.2 cm³/mol. The summed E-state index contributed by atoms with van der Waals surface area (Å²) in [5.41, 5.74) is 2.35. The van der Waals surface area contributed by atoms with E-state index in [1.807, 2.05) is 12.3 Å². The number of pyridine rings is 1. The number of carbonyl (C=O) groups excluding carboxylic acids is 1. The van der Waals surface area contributed by atoms with Crippen LogP contribution in [0, 0.1) is 0 Å². The van der Waals surface area contributed by atoms with Gasteiger partial charge in [-0.15, -0.1) is 0 Å². The Balaban J connectivity index is 1.97. The quantitative estimate of drug-likeness (QED) is 0.773. The Kier molecular flexibility index (Phi) is 4.15. The Morgan fingerprint density at radius 3 is 3.06 bits per heavy atom. The van der Waals surface area contributed by atoms with E-state index in [2.05, 4.69) is 29.2 Å². The average molecular weight is 245 g/mol. The summed E-state index contributed by atoms with van der Waals surface area (Å²) in [7, 11) is 0. The van der Waals surface area contributed by atoms with Crippen LogP contribution in [0.5, 0.6) is 0 Å². The summed E-state index contributed by atoms with van der Waals surface area (Å²) in [5, 5.41) is 1.39. The van der Waals surface area contributed by atoms with Crippen molar-refractivity contribution in [3.8, 4) is 0 Å². The molecular formula is C14H15NOS. The third-order valence-electron chi connectivity index (χ3n) is 2.58. The van der Waals surface area contributed by atoms with Crippen molar-refractivity contribution in [3.05, 3.63) is 42.1 Å². The molecule has 1 aromatic carbocycles. The Hall–Kier alpha value is -1.35. The topological polar surface area (TPSA) is 30.0 Å². The van der Waals surface area contributed by atoms with Crippen LogP contribution in [0.4, 0.5) is 0 Å². The van der Waals surface area contributed by atoms with Gasteiger partial charge in [0.05, 0.1) is 5.52 Å². The summed E-state index contributed by atoms with van der Waals surface area (Å²) in [4.78, 5) is 15.1. The van der Waals surface area contributed by atoms with Gasteiger partial charge in [-0.25, -0.2) is 0 Å². The van der Waals surface area contributed by atoms with Gasteiger partial charge in [0.25, 0.3) is 0 Å². The van der Waals surface area contributed by atoms with Crippen molar-refractivity contribution < 1.29 is 4.79 Å². The van der Waals surface area contributed by atoms with Gasteiger partial charge in [-0.05, 0) is 36.6 Å². The molecule has 2 aromatic rings. The third-order valence-corrected chi connectivity index (χ3v) is 3.48. The number of carbonyl (C=O) groups is 1. The molecule has 0 fully saturated rings. The van der Waals surface area contributed by atoms with Gasteiger partial charge < -0.3 is 0 Å². The highest BCUT2D eigenvalue weighted by atomic mass is 32.2. The minimum Gasteiger partial charge on any atom is -0.288 e. The zero-order valence-electron chi connectivity index (χ0n) is 9.85. The lowest BCUT2D eigenvalue weighted by Gasteiger charge is -2.02. The Morgan fingerprint density at radius 2 is 2.24 bits per heavy atom. The standard InChI is InChI=1S/C14H15NOS/c1-11(16)17-9-3-4-12-6-7-14-13(10-12)5-2-8-15-14/h2,5-8,10H,3-4,9H2,1H3. The molecule has 2 rings (SSSR count). The summed E-state index contributed by atoms with van der Waals surface area (Å²) in [6.45, 7) is 1.62. The minimum absolute atomic E-state index is 0.202. The predicted octanol–water partition coefficient (Wildman–Crippen LogP) is 3.45. The smallest absolute Gasteiger partial charge is 0.185 e. The molecule has 0 amide bonds. The van der Waals surface area contributed by atoms with Crippen molar-refractivity contribution in [2.45, 2.75) is 19.8 Å². The highest BCUT2D eigenvalue weighted by molar-refractivity contribution is 8.13. The van der Waals surface area contributed by atoms with E-state index in [0.29, 0.717) is 0 Å².